The Morgan fingerprint density at radius 1 is 1.43 bits per heavy atom. The van der Waals surface area contributed by atoms with Crippen LogP contribution in [-0.2, 0) is 9.59 Å². The van der Waals surface area contributed by atoms with Crippen LogP contribution in [0.3, 0.4) is 0 Å². The van der Waals surface area contributed by atoms with Gasteiger partial charge in [0.15, 0.2) is 12.4 Å². The third kappa shape index (κ3) is 4.10. The van der Waals surface area contributed by atoms with Gasteiger partial charge in [-0.1, -0.05) is 47.2 Å². The van der Waals surface area contributed by atoms with E-state index in [1.54, 1.807) is 6.08 Å². The number of hydrogen-bond donors (Lipinski definition) is 2. The normalized spacial score (nSPS) is 16.2. The summed E-state index contributed by atoms with van der Waals surface area (Å²) in [7, 11) is 0. The van der Waals surface area contributed by atoms with Gasteiger partial charge in [0.05, 0.1) is 15.0 Å². The van der Waals surface area contributed by atoms with Crippen molar-refractivity contribution in [1.29, 1.82) is 0 Å². The predicted molar refractivity (Wildman–Crippen MR) is 85.9 cm³/mol. The number of thiocarbonyl (C=S) groups is 1. The first-order valence-corrected chi connectivity index (χ1v) is 7.43. The first-order chi connectivity index (χ1) is 9.86. The van der Waals surface area contributed by atoms with Crippen LogP contribution in [0, 0.1) is 0 Å². The molecular weight excluding hydrogens is 357 g/mol. The quantitative estimate of drug-likeness (QED) is 0.632. The zero-order valence-corrected chi connectivity index (χ0v) is 13.3. The Hall–Kier alpha value is -1.28. The summed E-state index contributed by atoms with van der Waals surface area (Å²) >= 11 is 18.0. The summed E-state index contributed by atoms with van der Waals surface area (Å²) < 4.78 is 5.38. The molecule has 0 unspecified atom stereocenters. The molecule has 1 aliphatic heterocycles. The largest absolute Gasteiger partial charge is 0.479 e. The second-order valence-corrected chi connectivity index (χ2v) is 6.38. The Kier molecular flexibility index (Phi) is 5.10. The number of benzene rings is 1. The summed E-state index contributed by atoms with van der Waals surface area (Å²) in [6.45, 7) is -0.549. The number of hydrogen-bond acceptors (Lipinski definition) is 5. The van der Waals surface area contributed by atoms with E-state index in [0.717, 1.165) is 11.8 Å². The highest BCUT2D eigenvalue weighted by atomic mass is 35.5. The molecule has 2 rings (SSSR count). The van der Waals surface area contributed by atoms with Crippen LogP contribution >= 0.6 is 47.2 Å². The summed E-state index contributed by atoms with van der Waals surface area (Å²) in [5, 5.41) is 11.4. The average molecular weight is 364 g/mol. The summed E-state index contributed by atoms with van der Waals surface area (Å²) in [6.07, 6.45) is 1.58. The number of nitrogens with one attached hydrogen (secondary N) is 1. The molecule has 1 amide bonds. The molecule has 9 heteroatoms. The van der Waals surface area contributed by atoms with Crippen LogP contribution < -0.4 is 10.1 Å². The van der Waals surface area contributed by atoms with Crippen LogP contribution in [0.4, 0.5) is 0 Å². The molecule has 1 fully saturated rings. The lowest BCUT2D eigenvalue weighted by Gasteiger charge is -2.09. The molecule has 0 bridgehead atoms. The fourth-order valence-corrected chi connectivity index (χ4v) is 3.16. The first-order valence-electron chi connectivity index (χ1n) is 5.45. The molecule has 21 heavy (non-hydrogen) atoms. The first kappa shape index (κ1) is 16.1. The number of halogens is 2. The van der Waals surface area contributed by atoms with Gasteiger partial charge in [-0.2, -0.15) is 0 Å². The van der Waals surface area contributed by atoms with E-state index in [9.17, 15) is 9.59 Å². The van der Waals surface area contributed by atoms with Crippen molar-refractivity contribution >= 4 is 69.5 Å². The van der Waals surface area contributed by atoms with E-state index >= 15 is 0 Å². The standard InChI is InChI=1S/C12H7Cl2NO4S2/c13-6-1-5(3-8-11(18)15-12(20)21-8)2-7(14)10(6)19-4-9(16)17/h1-3H,4H2,(H,16,17)(H,15,18,20). The zero-order valence-electron chi connectivity index (χ0n) is 10.2. The molecule has 1 aliphatic rings. The van der Waals surface area contributed by atoms with Gasteiger partial charge < -0.3 is 15.2 Å². The van der Waals surface area contributed by atoms with Gasteiger partial charge in [-0.05, 0) is 23.8 Å². The summed E-state index contributed by atoms with van der Waals surface area (Å²) in [5.74, 6) is -1.34. The number of carbonyl (C=O) groups excluding carboxylic acids is 1. The van der Waals surface area contributed by atoms with Crippen LogP contribution in [0.25, 0.3) is 6.08 Å². The number of aliphatic carboxylic acids is 1. The van der Waals surface area contributed by atoms with Crippen LogP contribution in [0.2, 0.25) is 10.0 Å². The van der Waals surface area contributed by atoms with E-state index < -0.39 is 12.6 Å². The van der Waals surface area contributed by atoms with Gasteiger partial charge in [0.2, 0.25) is 0 Å². The Labute approximate surface area is 139 Å². The van der Waals surface area contributed by atoms with Crippen LogP contribution in [0.15, 0.2) is 17.0 Å². The monoisotopic (exact) mass is 363 g/mol. The Bertz CT molecular complexity index is 652. The van der Waals surface area contributed by atoms with Gasteiger partial charge in [0.1, 0.15) is 4.32 Å². The number of carboxylic acids is 1. The molecule has 0 radical (unpaired) electrons. The topological polar surface area (TPSA) is 75.6 Å². The Balaban J connectivity index is 2.27. The molecule has 1 aromatic rings. The Morgan fingerprint density at radius 2 is 2.05 bits per heavy atom. The van der Waals surface area contributed by atoms with Gasteiger partial charge >= 0.3 is 5.97 Å². The van der Waals surface area contributed by atoms with E-state index in [2.05, 4.69) is 5.32 Å². The lowest BCUT2D eigenvalue weighted by molar-refractivity contribution is -0.139. The van der Waals surface area contributed by atoms with Crippen LogP contribution in [0.5, 0.6) is 5.75 Å². The number of carboxylic acid groups (broad SMARTS) is 1. The highest BCUT2D eigenvalue weighted by molar-refractivity contribution is 8.26. The zero-order chi connectivity index (χ0) is 15.6. The van der Waals surface area contributed by atoms with Crippen molar-refractivity contribution in [2.24, 2.45) is 0 Å². The van der Waals surface area contributed by atoms with Gasteiger partial charge in [-0.25, -0.2) is 4.79 Å². The van der Waals surface area contributed by atoms with E-state index in [0.29, 0.717) is 14.8 Å². The number of amides is 1. The summed E-state index contributed by atoms with van der Waals surface area (Å²) in [6, 6.07) is 3.04. The minimum absolute atomic E-state index is 0.0851. The SMILES string of the molecule is O=C(O)COc1c(Cl)cc(C=C2SC(=S)NC2=O)cc1Cl. The molecule has 0 aliphatic carbocycles. The smallest absolute Gasteiger partial charge is 0.341 e. The van der Waals surface area contributed by atoms with Crippen molar-refractivity contribution < 1.29 is 19.4 Å². The van der Waals surface area contributed by atoms with E-state index in [-0.39, 0.29) is 21.7 Å². The predicted octanol–water partition coefficient (Wildman–Crippen LogP) is 2.95. The maximum atomic E-state index is 11.6. The van der Waals surface area contributed by atoms with Gasteiger partial charge in [-0.3, -0.25) is 4.79 Å². The molecule has 0 spiro atoms. The second-order valence-electron chi connectivity index (χ2n) is 3.85. The van der Waals surface area contributed by atoms with Crippen molar-refractivity contribution in [3.63, 3.8) is 0 Å². The fraction of sp³-hybridized carbons (Fsp3) is 0.0833. The highest BCUT2D eigenvalue weighted by Gasteiger charge is 2.22. The van der Waals surface area contributed by atoms with Crippen LogP contribution in [0.1, 0.15) is 5.56 Å². The molecule has 1 aromatic carbocycles. The molecule has 1 saturated heterocycles. The number of carbonyl (C=O) groups is 2. The van der Waals surface area contributed by atoms with E-state index in [1.807, 2.05) is 0 Å². The van der Waals surface area contributed by atoms with Gasteiger partial charge in [-0.15, -0.1) is 0 Å². The van der Waals surface area contributed by atoms with E-state index in [1.165, 1.54) is 12.1 Å². The molecule has 5 nitrogen and oxygen atoms in total. The minimum Gasteiger partial charge on any atom is -0.479 e. The number of thioether (sulfide) groups is 1. The third-order valence-corrected chi connectivity index (χ3v) is 4.02. The highest BCUT2D eigenvalue weighted by Crippen LogP contribution is 2.36. The third-order valence-electron chi connectivity index (χ3n) is 2.30. The van der Waals surface area contributed by atoms with Crippen molar-refractivity contribution in [3.8, 4) is 5.75 Å². The number of ether oxygens (including phenoxy) is 1. The lowest BCUT2D eigenvalue weighted by atomic mass is 10.2. The van der Waals surface area contributed by atoms with Crippen molar-refractivity contribution in [2.45, 2.75) is 0 Å². The lowest BCUT2D eigenvalue weighted by Crippen LogP contribution is -2.17. The fourth-order valence-electron chi connectivity index (χ4n) is 1.51. The molecule has 0 aromatic heterocycles. The Morgan fingerprint density at radius 3 is 2.52 bits per heavy atom. The average Bonchev–Trinajstić information content (AvgIpc) is 2.66. The van der Waals surface area contributed by atoms with Gasteiger partial charge in [0, 0.05) is 0 Å². The number of rotatable bonds is 4. The van der Waals surface area contributed by atoms with Crippen LogP contribution in [-0.4, -0.2) is 27.9 Å². The second kappa shape index (κ2) is 6.65. The minimum atomic E-state index is -1.14. The summed E-state index contributed by atoms with van der Waals surface area (Å²) in [5.41, 5.74) is 0.579. The maximum absolute atomic E-state index is 11.6. The maximum Gasteiger partial charge on any atom is 0.341 e. The molecule has 1 heterocycles. The molecule has 2 N–H and O–H groups in total. The molecular formula is C12H7Cl2NO4S2. The van der Waals surface area contributed by atoms with Crippen molar-refractivity contribution in [1.82, 2.24) is 5.32 Å². The molecule has 0 atom stereocenters. The molecule has 0 saturated carbocycles. The van der Waals surface area contributed by atoms with E-state index in [4.69, 9.17) is 45.3 Å². The van der Waals surface area contributed by atoms with Gasteiger partial charge in [0.25, 0.3) is 5.91 Å². The van der Waals surface area contributed by atoms with Crippen molar-refractivity contribution in [2.75, 3.05) is 6.61 Å². The molecule has 110 valence electrons. The summed E-state index contributed by atoms with van der Waals surface area (Å²) in [4.78, 5) is 22.5. The van der Waals surface area contributed by atoms with Crippen molar-refractivity contribution in [3.05, 3.63) is 32.6 Å².